The molecular formula is C14H26N2O2S. The van der Waals surface area contributed by atoms with Gasteiger partial charge in [0.25, 0.3) is 0 Å². The van der Waals surface area contributed by atoms with E-state index in [1.807, 2.05) is 6.26 Å². The molecule has 3 N–H and O–H groups in total. The number of urea groups is 1. The highest BCUT2D eigenvalue weighted by Gasteiger charge is 2.11. The van der Waals surface area contributed by atoms with Crippen molar-refractivity contribution in [2.24, 2.45) is 0 Å². The van der Waals surface area contributed by atoms with E-state index in [-0.39, 0.29) is 18.7 Å². The summed E-state index contributed by atoms with van der Waals surface area (Å²) in [5.74, 6) is 0.832. The van der Waals surface area contributed by atoms with Crippen molar-refractivity contribution in [2.45, 2.75) is 44.6 Å². The van der Waals surface area contributed by atoms with Gasteiger partial charge in [-0.05, 0) is 44.8 Å². The van der Waals surface area contributed by atoms with Crippen LogP contribution >= 0.6 is 11.8 Å². The third-order valence-electron chi connectivity index (χ3n) is 3.30. The van der Waals surface area contributed by atoms with Crippen molar-refractivity contribution in [1.82, 2.24) is 10.6 Å². The van der Waals surface area contributed by atoms with Crippen molar-refractivity contribution in [3.63, 3.8) is 0 Å². The molecule has 0 saturated carbocycles. The molecule has 0 bridgehead atoms. The van der Waals surface area contributed by atoms with Gasteiger partial charge < -0.3 is 15.7 Å². The van der Waals surface area contributed by atoms with Gasteiger partial charge in [-0.2, -0.15) is 11.8 Å². The smallest absolute Gasteiger partial charge is 0.315 e. The molecule has 110 valence electrons. The normalized spacial score (nSPS) is 16.6. The molecule has 0 fully saturated rings. The standard InChI is InChI=1S/C14H26N2O2S/c1-19-11-13(8-10-17)16-14(18)15-9-7-12-5-3-2-4-6-12/h5,13,17H,2-4,6-11H2,1H3,(H2,15,16,18). The summed E-state index contributed by atoms with van der Waals surface area (Å²) in [5, 5.41) is 14.7. The van der Waals surface area contributed by atoms with Gasteiger partial charge in [0.1, 0.15) is 0 Å². The van der Waals surface area contributed by atoms with Gasteiger partial charge in [-0.15, -0.1) is 0 Å². The number of allylic oxidation sites excluding steroid dienone is 1. The number of hydrogen-bond acceptors (Lipinski definition) is 3. The number of aliphatic hydroxyl groups is 1. The highest BCUT2D eigenvalue weighted by Crippen LogP contribution is 2.19. The van der Waals surface area contributed by atoms with Crippen LogP contribution in [0.15, 0.2) is 11.6 Å². The highest BCUT2D eigenvalue weighted by atomic mass is 32.2. The van der Waals surface area contributed by atoms with Gasteiger partial charge in [0.15, 0.2) is 0 Å². The van der Waals surface area contributed by atoms with Crippen LogP contribution in [0.3, 0.4) is 0 Å². The first kappa shape index (κ1) is 16.4. The Bertz CT molecular complexity index is 289. The third kappa shape index (κ3) is 7.47. The maximum atomic E-state index is 11.7. The number of aliphatic hydroxyl groups excluding tert-OH is 1. The van der Waals surface area contributed by atoms with Gasteiger partial charge >= 0.3 is 6.03 Å². The fraction of sp³-hybridized carbons (Fsp3) is 0.786. The average molecular weight is 286 g/mol. The van der Waals surface area contributed by atoms with Gasteiger partial charge in [-0.25, -0.2) is 4.79 Å². The summed E-state index contributed by atoms with van der Waals surface area (Å²) in [6.07, 6.45) is 10.8. The summed E-state index contributed by atoms with van der Waals surface area (Å²) >= 11 is 1.68. The molecule has 1 rings (SSSR count). The Kier molecular flexibility index (Phi) is 8.75. The van der Waals surface area contributed by atoms with Crippen molar-refractivity contribution in [1.29, 1.82) is 0 Å². The minimum atomic E-state index is -0.121. The van der Waals surface area contributed by atoms with Crippen LogP contribution in [0, 0.1) is 0 Å². The van der Waals surface area contributed by atoms with E-state index in [0.29, 0.717) is 13.0 Å². The lowest BCUT2D eigenvalue weighted by Gasteiger charge is -2.18. The fourth-order valence-corrected chi connectivity index (χ4v) is 2.91. The number of nitrogens with one attached hydrogen (secondary N) is 2. The predicted octanol–water partition coefficient (Wildman–Crippen LogP) is 2.29. The molecule has 1 unspecified atom stereocenters. The molecule has 0 aromatic heterocycles. The largest absolute Gasteiger partial charge is 0.396 e. The lowest BCUT2D eigenvalue weighted by Crippen LogP contribution is -2.44. The van der Waals surface area contributed by atoms with E-state index >= 15 is 0 Å². The van der Waals surface area contributed by atoms with Crippen LogP contribution in [0.4, 0.5) is 4.79 Å². The second kappa shape index (κ2) is 10.1. The van der Waals surface area contributed by atoms with E-state index in [0.717, 1.165) is 12.2 Å². The lowest BCUT2D eigenvalue weighted by atomic mass is 9.97. The van der Waals surface area contributed by atoms with Crippen LogP contribution in [-0.2, 0) is 0 Å². The second-order valence-electron chi connectivity index (χ2n) is 4.92. The van der Waals surface area contributed by atoms with E-state index in [2.05, 4.69) is 16.7 Å². The zero-order valence-corrected chi connectivity index (χ0v) is 12.6. The van der Waals surface area contributed by atoms with E-state index in [4.69, 9.17) is 5.11 Å². The Morgan fingerprint density at radius 3 is 3.00 bits per heavy atom. The number of carbonyl (C=O) groups is 1. The summed E-state index contributed by atoms with van der Waals surface area (Å²) in [5.41, 5.74) is 1.47. The topological polar surface area (TPSA) is 61.4 Å². The van der Waals surface area contributed by atoms with Gasteiger partial charge in [0.05, 0.1) is 0 Å². The first-order valence-electron chi connectivity index (χ1n) is 7.08. The first-order valence-corrected chi connectivity index (χ1v) is 8.47. The lowest BCUT2D eigenvalue weighted by molar-refractivity contribution is 0.231. The number of amides is 2. The van der Waals surface area contributed by atoms with E-state index in [9.17, 15) is 4.79 Å². The molecule has 0 heterocycles. The van der Waals surface area contributed by atoms with Gasteiger partial charge in [0, 0.05) is 24.9 Å². The van der Waals surface area contributed by atoms with Crippen LogP contribution in [0.25, 0.3) is 0 Å². The van der Waals surface area contributed by atoms with Crippen molar-refractivity contribution in [3.8, 4) is 0 Å². The minimum absolute atomic E-state index is 0.0499. The number of carbonyl (C=O) groups excluding carboxylic acids is 1. The molecule has 0 aromatic rings. The highest BCUT2D eigenvalue weighted by molar-refractivity contribution is 7.98. The molecule has 1 atom stereocenters. The molecule has 0 saturated heterocycles. The van der Waals surface area contributed by atoms with Crippen molar-refractivity contribution in [3.05, 3.63) is 11.6 Å². The van der Waals surface area contributed by atoms with Crippen LogP contribution in [0.1, 0.15) is 38.5 Å². The van der Waals surface area contributed by atoms with Crippen molar-refractivity contribution < 1.29 is 9.90 Å². The van der Waals surface area contributed by atoms with E-state index in [1.165, 1.54) is 31.3 Å². The summed E-state index contributed by atoms with van der Waals surface area (Å²) in [6.45, 7) is 0.807. The van der Waals surface area contributed by atoms with Crippen LogP contribution in [-0.4, -0.2) is 42.3 Å². The summed E-state index contributed by atoms with van der Waals surface area (Å²) < 4.78 is 0. The first-order chi connectivity index (χ1) is 9.26. The van der Waals surface area contributed by atoms with Crippen molar-refractivity contribution in [2.75, 3.05) is 25.2 Å². The molecule has 1 aliphatic carbocycles. The Morgan fingerprint density at radius 1 is 1.53 bits per heavy atom. The second-order valence-corrected chi connectivity index (χ2v) is 5.83. The van der Waals surface area contributed by atoms with Gasteiger partial charge in [0.2, 0.25) is 0 Å². The predicted molar refractivity (Wildman–Crippen MR) is 81.6 cm³/mol. The minimum Gasteiger partial charge on any atom is -0.396 e. The van der Waals surface area contributed by atoms with E-state index < -0.39 is 0 Å². The van der Waals surface area contributed by atoms with Gasteiger partial charge in [-0.3, -0.25) is 0 Å². The molecule has 5 heteroatoms. The van der Waals surface area contributed by atoms with Crippen LogP contribution in [0.5, 0.6) is 0 Å². The molecular weight excluding hydrogens is 260 g/mol. The summed E-state index contributed by atoms with van der Waals surface area (Å²) in [7, 11) is 0. The Hall–Kier alpha value is -0.680. The zero-order chi connectivity index (χ0) is 13.9. The molecule has 0 aromatic carbocycles. The quantitative estimate of drug-likeness (QED) is 0.600. The maximum Gasteiger partial charge on any atom is 0.315 e. The molecule has 19 heavy (non-hydrogen) atoms. The Morgan fingerprint density at radius 2 is 2.37 bits per heavy atom. The molecule has 0 radical (unpaired) electrons. The van der Waals surface area contributed by atoms with Crippen LogP contribution in [0.2, 0.25) is 0 Å². The summed E-state index contributed by atoms with van der Waals surface area (Å²) in [4.78, 5) is 11.7. The third-order valence-corrected chi connectivity index (χ3v) is 4.03. The zero-order valence-electron chi connectivity index (χ0n) is 11.8. The van der Waals surface area contributed by atoms with Crippen LogP contribution < -0.4 is 10.6 Å². The molecule has 2 amide bonds. The molecule has 4 nitrogen and oxygen atoms in total. The van der Waals surface area contributed by atoms with Crippen molar-refractivity contribution >= 4 is 17.8 Å². The maximum absolute atomic E-state index is 11.7. The SMILES string of the molecule is CSCC(CCO)NC(=O)NCCC1=CCCCC1. The fourth-order valence-electron chi connectivity index (χ4n) is 2.26. The van der Waals surface area contributed by atoms with Gasteiger partial charge in [-0.1, -0.05) is 11.6 Å². The van der Waals surface area contributed by atoms with E-state index in [1.54, 1.807) is 11.8 Å². The molecule has 1 aliphatic rings. The molecule has 0 aliphatic heterocycles. The number of rotatable bonds is 8. The average Bonchev–Trinajstić information content (AvgIpc) is 2.40. The Balaban J connectivity index is 2.16. The number of thioether (sulfide) groups is 1. The summed E-state index contributed by atoms with van der Waals surface area (Å²) in [6, 6.07) is -0.0715. The monoisotopic (exact) mass is 286 g/mol. The Labute approximate surface area is 120 Å². The number of hydrogen-bond donors (Lipinski definition) is 3. The molecule has 0 spiro atoms.